The van der Waals surface area contributed by atoms with Crippen LogP contribution in [0.4, 0.5) is 10.1 Å². The van der Waals surface area contributed by atoms with E-state index in [9.17, 15) is 14.0 Å². The summed E-state index contributed by atoms with van der Waals surface area (Å²) in [5.41, 5.74) is 3.15. The molecule has 0 unspecified atom stereocenters. The van der Waals surface area contributed by atoms with Crippen LogP contribution in [0.1, 0.15) is 21.5 Å². The van der Waals surface area contributed by atoms with Crippen molar-refractivity contribution >= 4 is 17.5 Å². The number of halogens is 1. The minimum Gasteiger partial charge on any atom is -0.332 e. The van der Waals surface area contributed by atoms with Crippen molar-refractivity contribution < 1.29 is 14.0 Å². The van der Waals surface area contributed by atoms with E-state index in [1.165, 1.54) is 36.2 Å². The van der Waals surface area contributed by atoms with Crippen molar-refractivity contribution in [3.63, 3.8) is 0 Å². The summed E-state index contributed by atoms with van der Waals surface area (Å²) < 4.78 is 12.9. The molecule has 23 heavy (non-hydrogen) atoms. The molecule has 2 aromatic rings. The van der Waals surface area contributed by atoms with Crippen LogP contribution in [0.25, 0.3) is 0 Å². The van der Waals surface area contributed by atoms with Gasteiger partial charge in [0.2, 0.25) is 5.91 Å². The summed E-state index contributed by atoms with van der Waals surface area (Å²) in [7, 11) is 1.54. The third kappa shape index (κ3) is 4.16. The predicted molar refractivity (Wildman–Crippen MR) is 87.9 cm³/mol. The lowest BCUT2D eigenvalue weighted by Crippen LogP contribution is -2.35. The van der Waals surface area contributed by atoms with Crippen LogP contribution in [0.5, 0.6) is 0 Å². The highest BCUT2D eigenvalue weighted by atomic mass is 19.1. The van der Waals surface area contributed by atoms with Gasteiger partial charge in [-0.3, -0.25) is 9.59 Å². The average molecular weight is 314 g/mol. The van der Waals surface area contributed by atoms with Crippen molar-refractivity contribution in [3.8, 4) is 0 Å². The van der Waals surface area contributed by atoms with Crippen LogP contribution in [0.3, 0.4) is 0 Å². The zero-order chi connectivity index (χ0) is 17.0. The molecule has 0 radical (unpaired) electrons. The Balaban J connectivity index is 2.00. The molecule has 0 aliphatic heterocycles. The van der Waals surface area contributed by atoms with E-state index in [0.29, 0.717) is 5.56 Å². The molecule has 0 saturated heterocycles. The summed E-state index contributed by atoms with van der Waals surface area (Å²) in [5.74, 6) is -1.02. The molecule has 0 aliphatic carbocycles. The molecular weight excluding hydrogens is 295 g/mol. The minimum atomic E-state index is -0.406. The van der Waals surface area contributed by atoms with Gasteiger partial charge in [0.05, 0.1) is 6.54 Å². The quantitative estimate of drug-likeness (QED) is 0.942. The molecule has 0 spiro atoms. The molecule has 2 aromatic carbocycles. The molecule has 1 N–H and O–H groups in total. The highest BCUT2D eigenvalue weighted by Crippen LogP contribution is 2.17. The number of likely N-dealkylation sites (N-methyl/N-ethyl adjacent to an activating group) is 1. The first-order chi connectivity index (χ1) is 10.9. The molecule has 4 nitrogen and oxygen atoms in total. The molecule has 120 valence electrons. The summed E-state index contributed by atoms with van der Waals surface area (Å²) in [6.07, 6.45) is 0. The number of rotatable bonds is 4. The second-order valence-electron chi connectivity index (χ2n) is 5.46. The lowest BCUT2D eigenvalue weighted by molar-refractivity contribution is -0.116. The molecule has 0 saturated carbocycles. The van der Waals surface area contributed by atoms with Crippen molar-refractivity contribution in [2.75, 3.05) is 18.9 Å². The fourth-order valence-corrected chi connectivity index (χ4v) is 2.18. The van der Waals surface area contributed by atoms with E-state index in [4.69, 9.17) is 0 Å². The van der Waals surface area contributed by atoms with Crippen LogP contribution in [0, 0.1) is 19.7 Å². The number of benzene rings is 2. The SMILES string of the molecule is Cc1cccc(NC(=O)CN(C)C(=O)c2ccc(F)cc2)c1C. The maximum absolute atomic E-state index is 12.9. The largest absolute Gasteiger partial charge is 0.332 e. The molecule has 0 bridgehead atoms. The van der Waals surface area contributed by atoms with E-state index in [1.807, 2.05) is 32.0 Å². The van der Waals surface area contributed by atoms with Gasteiger partial charge in [-0.1, -0.05) is 12.1 Å². The first-order valence-electron chi connectivity index (χ1n) is 7.25. The Morgan fingerprint density at radius 3 is 2.39 bits per heavy atom. The van der Waals surface area contributed by atoms with Crippen LogP contribution >= 0.6 is 0 Å². The van der Waals surface area contributed by atoms with Gasteiger partial charge in [0, 0.05) is 18.3 Å². The van der Waals surface area contributed by atoms with Crippen molar-refractivity contribution in [2.24, 2.45) is 0 Å². The topological polar surface area (TPSA) is 49.4 Å². The fourth-order valence-electron chi connectivity index (χ4n) is 2.18. The number of hydrogen-bond acceptors (Lipinski definition) is 2. The van der Waals surface area contributed by atoms with Gasteiger partial charge in [0.25, 0.3) is 5.91 Å². The van der Waals surface area contributed by atoms with Gasteiger partial charge in [-0.15, -0.1) is 0 Å². The lowest BCUT2D eigenvalue weighted by Gasteiger charge is -2.17. The van der Waals surface area contributed by atoms with Crippen LogP contribution in [-0.4, -0.2) is 30.3 Å². The lowest BCUT2D eigenvalue weighted by atomic mass is 10.1. The van der Waals surface area contributed by atoms with Crippen LogP contribution < -0.4 is 5.32 Å². The van der Waals surface area contributed by atoms with E-state index in [1.54, 1.807) is 0 Å². The Hall–Kier alpha value is -2.69. The summed E-state index contributed by atoms with van der Waals surface area (Å²) in [6.45, 7) is 3.82. The van der Waals surface area contributed by atoms with Gasteiger partial charge < -0.3 is 10.2 Å². The van der Waals surface area contributed by atoms with Gasteiger partial charge in [0.15, 0.2) is 0 Å². The highest BCUT2D eigenvalue weighted by Gasteiger charge is 2.15. The third-order valence-corrected chi connectivity index (χ3v) is 3.70. The Morgan fingerprint density at radius 2 is 1.74 bits per heavy atom. The molecule has 0 fully saturated rings. The van der Waals surface area contributed by atoms with Gasteiger partial charge in [-0.25, -0.2) is 4.39 Å². The molecule has 0 aliphatic rings. The van der Waals surface area contributed by atoms with E-state index in [2.05, 4.69) is 5.32 Å². The zero-order valence-corrected chi connectivity index (χ0v) is 13.4. The molecule has 0 aromatic heterocycles. The van der Waals surface area contributed by atoms with E-state index >= 15 is 0 Å². The number of carbonyl (C=O) groups is 2. The number of anilines is 1. The minimum absolute atomic E-state index is 0.0798. The number of hydrogen-bond donors (Lipinski definition) is 1. The predicted octanol–water partition coefficient (Wildman–Crippen LogP) is 3.15. The summed E-state index contributed by atoms with van der Waals surface area (Å²) >= 11 is 0. The maximum Gasteiger partial charge on any atom is 0.254 e. The van der Waals surface area contributed by atoms with Crippen LogP contribution in [0.2, 0.25) is 0 Å². The summed E-state index contributed by atoms with van der Waals surface area (Å²) in [4.78, 5) is 25.6. The second-order valence-corrected chi connectivity index (χ2v) is 5.46. The second kappa shape index (κ2) is 7.05. The maximum atomic E-state index is 12.9. The number of carbonyl (C=O) groups excluding carboxylic acids is 2. The monoisotopic (exact) mass is 314 g/mol. The molecular formula is C18H19FN2O2. The average Bonchev–Trinajstić information content (AvgIpc) is 2.52. The van der Waals surface area contributed by atoms with E-state index in [0.717, 1.165) is 16.8 Å². The van der Waals surface area contributed by atoms with Crippen LogP contribution in [-0.2, 0) is 4.79 Å². The van der Waals surface area contributed by atoms with Crippen molar-refractivity contribution in [3.05, 3.63) is 65.0 Å². The molecule has 0 heterocycles. The Labute approximate surface area is 134 Å². The van der Waals surface area contributed by atoms with Gasteiger partial charge in [-0.05, 0) is 55.3 Å². The van der Waals surface area contributed by atoms with Gasteiger partial charge in [-0.2, -0.15) is 0 Å². The molecule has 2 rings (SSSR count). The third-order valence-electron chi connectivity index (χ3n) is 3.70. The first kappa shape index (κ1) is 16.7. The number of amides is 2. The van der Waals surface area contributed by atoms with E-state index in [-0.39, 0.29) is 18.4 Å². The Bertz CT molecular complexity index is 726. The summed E-state index contributed by atoms with van der Waals surface area (Å²) in [6, 6.07) is 10.9. The summed E-state index contributed by atoms with van der Waals surface area (Å²) in [5, 5.41) is 2.80. The zero-order valence-electron chi connectivity index (χ0n) is 13.4. The van der Waals surface area contributed by atoms with Crippen molar-refractivity contribution in [2.45, 2.75) is 13.8 Å². The fraction of sp³-hybridized carbons (Fsp3) is 0.222. The number of nitrogens with zero attached hydrogens (tertiary/aromatic N) is 1. The standard InChI is InChI=1S/C18H19FN2O2/c1-12-5-4-6-16(13(12)2)20-17(22)11-21(3)18(23)14-7-9-15(19)10-8-14/h4-10H,11H2,1-3H3,(H,20,22). The normalized spacial score (nSPS) is 10.3. The van der Waals surface area contributed by atoms with Crippen LogP contribution in [0.15, 0.2) is 42.5 Å². The van der Waals surface area contributed by atoms with Crippen molar-refractivity contribution in [1.29, 1.82) is 0 Å². The Morgan fingerprint density at radius 1 is 1.09 bits per heavy atom. The number of aryl methyl sites for hydroxylation is 1. The number of nitrogens with one attached hydrogen (secondary N) is 1. The molecule has 5 heteroatoms. The van der Waals surface area contributed by atoms with Gasteiger partial charge in [0.1, 0.15) is 5.82 Å². The smallest absolute Gasteiger partial charge is 0.254 e. The van der Waals surface area contributed by atoms with Crippen molar-refractivity contribution in [1.82, 2.24) is 4.90 Å². The first-order valence-corrected chi connectivity index (χ1v) is 7.25. The Kier molecular flexibility index (Phi) is 5.11. The molecule has 2 amide bonds. The highest BCUT2D eigenvalue weighted by molar-refractivity contribution is 5.99. The van der Waals surface area contributed by atoms with Gasteiger partial charge >= 0.3 is 0 Å². The molecule has 0 atom stereocenters. The van der Waals surface area contributed by atoms with E-state index < -0.39 is 5.82 Å².